The van der Waals surface area contributed by atoms with E-state index in [1.807, 2.05) is 24.3 Å². The van der Waals surface area contributed by atoms with Gasteiger partial charge in [0, 0.05) is 25.2 Å². The fourth-order valence-electron chi connectivity index (χ4n) is 3.17. The molecule has 1 aliphatic rings. The van der Waals surface area contributed by atoms with Gasteiger partial charge in [-0.05, 0) is 37.1 Å². The molecule has 2 aromatic rings. The van der Waals surface area contributed by atoms with Crippen LogP contribution in [-0.2, 0) is 4.79 Å². The maximum Gasteiger partial charge on any atom is 0.269 e. The minimum Gasteiger partial charge on any atom is -0.484 e. The van der Waals surface area contributed by atoms with Crippen molar-refractivity contribution in [3.63, 3.8) is 0 Å². The Kier molecular flexibility index (Phi) is 6.25. The zero-order valence-corrected chi connectivity index (χ0v) is 15.1. The lowest BCUT2D eigenvalue weighted by Crippen LogP contribution is -2.27. The molecule has 1 N–H and O–H groups in total. The van der Waals surface area contributed by atoms with Crippen LogP contribution in [0.5, 0.6) is 5.75 Å². The van der Waals surface area contributed by atoms with Crippen LogP contribution in [0.2, 0.25) is 0 Å². The molecule has 1 fully saturated rings. The smallest absolute Gasteiger partial charge is 0.269 e. The van der Waals surface area contributed by atoms with Crippen molar-refractivity contribution in [1.29, 1.82) is 0 Å². The second-order valence-corrected chi connectivity index (χ2v) is 6.51. The molecule has 1 amide bonds. The highest BCUT2D eigenvalue weighted by Gasteiger charge is 2.15. The average molecular weight is 369 g/mol. The van der Waals surface area contributed by atoms with E-state index in [2.05, 4.69) is 10.2 Å². The van der Waals surface area contributed by atoms with Crippen LogP contribution in [0, 0.1) is 10.1 Å². The number of nitro groups is 1. The molecule has 0 saturated carbocycles. The number of nitrogens with one attached hydrogen (secondary N) is 1. The molecule has 0 aromatic heterocycles. The predicted molar refractivity (Wildman–Crippen MR) is 104 cm³/mol. The molecule has 0 bridgehead atoms. The zero-order valence-electron chi connectivity index (χ0n) is 15.1. The Bertz CT molecular complexity index is 784. The Hall–Kier alpha value is -3.09. The van der Waals surface area contributed by atoms with Gasteiger partial charge >= 0.3 is 0 Å². The molecule has 7 heteroatoms. The summed E-state index contributed by atoms with van der Waals surface area (Å²) in [6.45, 7) is 1.82. The van der Waals surface area contributed by atoms with Crippen molar-refractivity contribution in [2.24, 2.45) is 0 Å². The van der Waals surface area contributed by atoms with Crippen molar-refractivity contribution in [3.8, 4) is 5.75 Å². The van der Waals surface area contributed by atoms with E-state index >= 15 is 0 Å². The van der Waals surface area contributed by atoms with Crippen LogP contribution in [0.1, 0.15) is 25.7 Å². The Morgan fingerprint density at radius 1 is 1.04 bits per heavy atom. The molecule has 1 saturated heterocycles. The maximum absolute atomic E-state index is 12.3. The number of hydrogen-bond acceptors (Lipinski definition) is 5. The molecule has 142 valence electrons. The van der Waals surface area contributed by atoms with Gasteiger partial charge in [-0.3, -0.25) is 14.9 Å². The molecule has 1 aliphatic heterocycles. The fraction of sp³-hybridized carbons (Fsp3) is 0.350. The summed E-state index contributed by atoms with van der Waals surface area (Å²) in [7, 11) is 0. The first-order chi connectivity index (χ1) is 13.1. The van der Waals surface area contributed by atoms with E-state index in [9.17, 15) is 14.9 Å². The van der Waals surface area contributed by atoms with Crippen molar-refractivity contribution in [3.05, 3.63) is 58.6 Å². The molecule has 0 atom stereocenters. The fourth-order valence-corrected chi connectivity index (χ4v) is 3.17. The van der Waals surface area contributed by atoms with Gasteiger partial charge in [-0.25, -0.2) is 0 Å². The molecule has 0 aliphatic carbocycles. The number of non-ortho nitro benzene ring substituents is 1. The normalized spacial score (nSPS) is 14.3. The van der Waals surface area contributed by atoms with Crippen molar-refractivity contribution < 1.29 is 14.5 Å². The SMILES string of the molecule is O=C(COc1ccc([N+](=O)[O-])cc1)Nc1ccccc1N1CCCCCC1. The Morgan fingerprint density at radius 2 is 1.70 bits per heavy atom. The van der Waals surface area contributed by atoms with Crippen LogP contribution < -0.4 is 15.0 Å². The van der Waals surface area contributed by atoms with Gasteiger partial charge in [0.15, 0.2) is 6.61 Å². The van der Waals surface area contributed by atoms with Crippen molar-refractivity contribution in [1.82, 2.24) is 0 Å². The third-order valence-electron chi connectivity index (χ3n) is 4.54. The van der Waals surface area contributed by atoms with E-state index in [1.54, 1.807) is 0 Å². The molecule has 1 heterocycles. The molecule has 7 nitrogen and oxygen atoms in total. The molecule has 0 unspecified atom stereocenters. The third-order valence-corrected chi connectivity index (χ3v) is 4.54. The molecule has 0 radical (unpaired) electrons. The average Bonchev–Trinajstić information content (AvgIpc) is 2.96. The van der Waals surface area contributed by atoms with E-state index in [0.717, 1.165) is 37.3 Å². The Labute approximate surface area is 158 Å². The minimum absolute atomic E-state index is 0.0156. The van der Waals surface area contributed by atoms with Crippen molar-refractivity contribution in [2.45, 2.75) is 25.7 Å². The van der Waals surface area contributed by atoms with E-state index in [-0.39, 0.29) is 18.2 Å². The van der Waals surface area contributed by atoms with Gasteiger partial charge in [0.25, 0.3) is 11.6 Å². The summed E-state index contributed by atoms with van der Waals surface area (Å²) in [5, 5.41) is 13.6. The van der Waals surface area contributed by atoms with Gasteiger partial charge in [0.05, 0.1) is 16.3 Å². The van der Waals surface area contributed by atoms with Crippen LogP contribution >= 0.6 is 0 Å². The first kappa shape index (κ1) is 18.7. The molecule has 2 aromatic carbocycles. The van der Waals surface area contributed by atoms with Gasteiger partial charge < -0.3 is 15.0 Å². The lowest BCUT2D eigenvalue weighted by Gasteiger charge is -2.25. The van der Waals surface area contributed by atoms with Crippen LogP contribution in [0.25, 0.3) is 0 Å². The van der Waals surface area contributed by atoms with Crippen molar-refractivity contribution in [2.75, 3.05) is 29.9 Å². The number of benzene rings is 2. The molecule has 27 heavy (non-hydrogen) atoms. The van der Waals surface area contributed by atoms with E-state index in [1.165, 1.54) is 37.1 Å². The Morgan fingerprint density at radius 3 is 2.37 bits per heavy atom. The van der Waals surface area contributed by atoms with Crippen LogP contribution in [0.15, 0.2) is 48.5 Å². The van der Waals surface area contributed by atoms with Gasteiger partial charge in [0.1, 0.15) is 5.75 Å². The van der Waals surface area contributed by atoms with Crippen molar-refractivity contribution >= 4 is 23.0 Å². The summed E-state index contributed by atoms with van der Waals surface area (Å²) in [5.74, 6) is 0.146. The lowest BCUT2D eigenvalue weighted by atomic mass is 10.2. The van der Waals surface area contributed by atoms with Crippen LogP contribution in [0.4, 0.5) is 17.1 Å². The number of rotatable bonds is 6. The summed E-state index contributed by atoms with van der Waals surface area (Å²) < 4.78 is 5.43. The lowest BCUT2D eigenvalue weighted by molar-refractivity contribution is -0.384. The second-order valence-electron chi connectivity index (χ2n) is 6.51. The largest absolute Gasteiger partial charge is 0.484 e. The molecular weight excluding hydrogens is 346 g/mol. The summed E-state index contributed by atoms with van der Waals surface area (Å²) in [6, 6.07) is 13.5. The number of anilines is 2. The highest BCUT2D eigenvalue weighted by molar-refractivity contribution is 5.95. The summed E-state index contributed by atoms with van der Waals surface area (Å²) >= 11 is 0. The van der Waals surface area contributed by atoms with E-state index < -0.39 is 4.92 Å². The topological polar surface area (TPSA) is 84.7 Å². The number of para-hydroxylation sites is 2. The summed E-state index contributed by atoms with van der Waals surface area (Å²) in [5.41, 5.74) is 1.79. The third kappa shape index (κ3) is 5.20. The number of carbonyl (C=O) groups excluding carboxylic acids is 1. The predicted octanol–water partition coefficient (Wildman–Crippen LogP) is 3.99. The Balaban J connectivity index is 1.60. The van der Waals surface area contributed by atoms with Crippen LogP contribution in [0.3, 0.4) is 0 Å². The van der Waals surface area contributed by atoms with Gasteiger partial charge in [0.2, 0.25) is 0 Å². The quantitative estimate of drug-likeness (QED) is 0.615. The highest BCUT2D eigenvalue weighted by Crippen LogP contribution is 2.28. The highest BCUT2D eigenvalue weighted by atomic mass is 16.6. The second kappa shape index (κ2) is 9.02. The molecule has 0 spiro atoms. The van der Waals surface area contributed by atoms with Gasteiger partial charge in [-0.2, -0.15) is 0 Å². The molecular formula is C20H23N3O4. The number of nitro benzene ring substituents is 1. The van der Waals surface area contributed by atoms with E-state index in [4.69, 9.17) is 4.74 Å². The van der Waals surface area contributed by atoms with Crippen LogP contribution in [-0.4, -0.2) is 30.5 Å². The van der Waals surface area contributed by atoms with Gasteiger partial charge in [-0.15, -0.1) is 0 Å². The molecule has 3 rings (SSSR count). The summed E-state index contributed by atoms with van der Waals surface area (Å²) in [4.78, 5) is 24.8. The van der Waals surface area contributed by atoms with E-state index in [0.29, 0.717) is 5.75 Å². The maximum atomic E-state index is 12.3. The first-order valence-electron chi connectivity index (χ1n) is 9.14. The number of nitrogens with zero attached hydrogens (tertiary/aromatic N) is 2. The number of hydrogen-bond donors (Lipinski definition) is 1. The standard InChI is InChI=1S/C20H23N3O4/c24-20(15-27-17-11-9-16(10-12-17)23(25)26)21-18-7-3-4-8-19(18)22-13-5-1-2-6-14-22/h3-4,7-12H,1-2,5-6,13-15H2,(H,21,24). The van der Waals surface area contributed by atoms with Gasteiger partial charge in [-0.1, -0.05) is 25.0 Å². The number of carbonyl (C=O) groups is 1. The number of amides is 1. The zero-order chi connectivity index (χ0) is 19.1. The first-order valence-corrected chi connectivity index (χ1v) is 9.14. The summed E-state index contributed by atoms with van der Waals surface area (Å²) in [6.07, 6.45) is 4.80. The number of ether oxygens (including phenoxy) is 1. The monoisotopic (exact) mass is 369 g/mol. The minimum atomic E-state index is -0.476.